The first kappa shape index (κ1) is 52.1. The van der Waals surface area contributed by atoms with Gasteiger partial charge in [-0.2, -0.15) is 4.58 Å². The second-order valence-electron chi connectivity index (χ2n) is 17.8. The molecule has 2 aliphatic heterocycles. The first-order chi connectivity index (χ1) is 34.1. The molecule has 2 heterocycles. The van der Waals surface area contributed by atoms with Gasteiger partial charge in [-0.05, 0) is 127 Å². The standard InChI is InChI=1S/C57H57N6O4.ClHO4/c1-11-62(48-34-16-36(3)50-52(48)56(66)60(9)54(50)64)44-30-22-40(23-31-44)46(38-18-26-42(27-19-38)58(5)6)14-13-15-47(39-20-28-43(29-21-39)59(7)8)41-24-32-45(33-25-41)63(12-2)49-35-17-37(4)51-53(49)57(67)61(10)55(51)65;2-1(3,4)5/h13-35H,11-12H2,1-10H3;(H,2,3,4,5)/q+1;/p-1. The van der Waals surface area contributed by atoms with Gasteiger partial charge in [0, 0.05) is 84.1 Å². The summed E-state index contributed by atoms with van der Waals surface area (Å²) >= 11 is 0. The number of hydrogen-bond donors (Lipinski definition) is 0. The molecule has 0 aromatic heterocycles. The lowest BCUT2D eigenvalue weighted by molar-refractivity contribution is -2.00. The summed E-state index contributed by atoms with van der Waals surface area (Å²) in [5.41, 5.74) is 15.0. The molecule has 14 nitrogen and oxygen atoms in total. The quantitative estimate of drug-likeness (QED) is 0.0856. The fraction of sp³-hybridized carbons (Fsp3) is 0.211. The van der Waals surface area contributed by atoms with E-state index in [9.17, 15) is 19.2 Å². The molecular formula is C57H57ClN6O8. The second kappa shape index (κ2) is 21.3. The van der Waals surface area contributed by atoms with Crippen LogP contribution in [0.1, 0.15) is 83.1 Å². The molecule has 4 amide bonds. The molecule has 0 N–H and O–H groups in total. The van der Waals surface area contributed by atoms with Gasteiger partial charge in [-0.25, -0.2) is 18.6 Å². The Bertz CT molecular complexity index is 3140. The third kappa shape index (κ3) is 10.6. The van der Waals surface area contributed by atoms with Crippen LogP contribution in [0.4, 0.5) is 28.4 Å². The number of imide groups is 2. The molecule has 8 rings (SSSR count). The average molecular weight is 990 g/mol. The van der Waals surface area contributed by atoms with Crippen molar-refractivity contribution in [3.05, 3.63) is 195 Å². The molecule has 5 aromatic carbocycles. The average Bonchev–Trinajstić information content (AvgIpc) is 3.73. The molecule has 5 aromatic rings. The number of rotatable bonds is 12. The normalized spacial score (nSPS) is 14.3. The number of nitrogens with zero attached hydrogens (tertiary/aromatic N) is 6. The van der Waals surface area contributed by atoms with Gasteiger partial charge in [-0.3, -0.25) is 29.0 Å². The van der Waals surface area contributed by atoms with Crippen LogP contribution in [0.5, 0.6) is 0 Å². The Kier molecular flexibility index (Phi) is 15.4. The molecule has 3 aliphatic rings. The van der Waals surface area contributed by atoms with Gasteiger partial charge in [0.1, 0.15) is 12.1 Å². The number of aryl methyl sites for hydroxylation is 2. The molecule has 0 atom stereocenters. The highest BCUT2D eigenvalue weighted by atomic mass is 35.7. The molecular weight excluding hydrogens is 932 g/mol. The van der Waals surface area contributed by atoms with Crippen LogP contribution in [0.3, 0.4) is 0 Å². The number of hydrogen-bond acceptors (Lipinski definition) is 11. The van der Waals surface area contributed by atoms with Gasteiger partial charge in [-0.1, -0.05) is 66.8 Å². The summed E-state index contributed by atoms with van der Waals surface area (Å²) in [6.07, 6.45) is 14.8. The molecule has 0 radical (unpaired) electrons. The van der Waals surface area contributed by atoms with Gasteiger partial charge in [0.15, 0.2) is 0 Å². The smallest absolute Gasteiger partial charge is 0.268 e. The molecule has 0 spiro atoms. The fourth-order valence-electron chi connectivity index (χ4n) is 9.14. The van der Waals surface area contributed by atoms with E-state index in [4.69, 9.17) is 18.6 Å². The minimum atomic E-state index is -4.94. The largest absolute Gasteiger partial charge is 0.378 e. The van der Waals surface area contributed by atoms with Crippen molar-refractivity contribution in [3.8, 4) is 0 Å². The monoisotopic (exact) mass is 988 g/mol. The van der Waals surface area contributed by atoms with Crippen LogP contribution in [-0.4, -0.2) is 99.1 Å². The Balaban J connectivity index is 0.00000145. The van der Waals surface area contributed by atoms with E-state index in [1.54, 1.807) is 0 Å². The predicted octanol–water partition coefficient (Wildman–Crippen LogP) is 5.66. The van der Waals surface area contributed by atoms with Crippen LogP contribution >= 0.6 is 0 Å². The molecule has 15 heteroatoms. The Morgan fingerprint density at radius 2 is 1.00 bits per heavy atom. The van der Waals surface area contributed by atoms with Gasteiger partial charge in [-0.15, -0.1) is 10.2 Å². The number of allylic oxidation sites excluding steroid dienone is 9. The fourth-order valence-corrected chi connectivity index (χ4v) is 9.14. The maximum atomic E-state index is 13.4. The topological polar surface area (TPSA) is 180 Å². The highest BCUT2D eigenvalue weighted by Gasteiger charge is 2.40. The van der Waals surface area contributed by atoms with E-state index >= 15 is 0 Å². The molecule has 1 aliphatic carbocycles. The maximum Gasteiger partial charge on any atom is 0.268 e. The van der Waals surface area contributed by atoms with E-state index < -0.39 is 10.2 Å². The Labute approximate surface area is 422 Å². The molecule has 0 unspecified atom stereocenters. The number of halogens is 1. The van der Waals surface area contributed by atoms with Crippen LogP contribution in [0.25, 0.3) is 11.1 Å². The minimum absolute atomic E-state index is 0.271. The zero-order valence-corrected chi connectivity index (χ0v) is 42.8. The highest BCUT2D eigenvalue weighted by Crippen LogP contribution is 2.38. The van der Waals surface area contributed by atoms with Crippen LogP contribution in [0, 0.1) is 24.1 Å². The minimum Gasteiger partial charge on any atom is -0.378 e. The SMILES string of the molecule is CCN(c1ccc(C(=CC=CC(=C2C=CC(=[N+](CC)c3ccc(C)c4c3C(=O)N(C)C4=O)C=C2)c2ccc(N(C)C)cc2)c2ccc(N(C)C)cc2)cc1)c1ccc(C)c2c1C(=O)N(C)C2=O.[O-][Cl+3]([O-])([O-])[O-]. The van der Waals surface area contributed by atoms with Crippen LogP contribution in [0.2, 0.25) is 0 Å². The summed E-state index contributed by atoms with van der Waals surface area (Å²) in [5, 5.41) is 0. The van der Waals surface area contributed by atoms with Crippen molar-refractivity contribution in [3.63, 3.8) is 0 Å². The molecule has 0 saturated carbocycles. The Hall–Kier alpha value is -7.72. The van der Waals surface area contributed by atoms with Crippen molar-refractivity contribution >= 4 is 68.9 Å². The van der Waals surface area contributed by atoms with Crippen molar-refractivity contribution < 1.29 is 52.6 Å². The van der Waals surface area contributed by atoms with Gasteiger partial charge in [0.25, 0.3) is 23.6 Å². The van der Waals surface area contributed by atoms with E-state index in [2.05, 4.69) is 135 Å². The van der Waals surface area contributed by atoms with Crippen LogP contribution in [-0.2, 0) is 0 Å². The van der Waals surface area contributed by atoms with Crippen molar-refractivity contribution in [2.24, 2.45) is 0 Å². The molecule has 0 saturated heterocycles. The van der Waals surface area contributed by atoms with Gasteiger partial charge in [0.2, 0.25) is 11.4 Å². The summed E-state index contributed by atoms with van der Waals surface area (Å²) in [4.78, 5) is 61.6. The number of benzene rings is 5. The lowest BCUT2D eigenvalue weighted by atomic mass is 9.94. The zero-order valence-electron chi connectivity index (χ0n) is 42.0. The maximum absolute atomic E-state index is 13.4. The first-order valence-electron chi connectivity index (χ1n) is 23.3. The van der Waals surface area contributed by atoms with Crippen molar-refractivity contribution in [1.29, 1.82) is 0 Å². The third-order valence-electron chi connectivity index (χ3n) is 13.0. The van der Waals surface area contributed by atoms with E-state index in [0.717, 1.165) is 67.3 Å². The van der Waals surface area contributed by atoms with E-state index in [1.165, 1.54) is 23.9 Å². The molecule has 370 valence electrons. The molecule has 0 bridgehead atoms. The number of amides is 4. The summed E-state index contributed by atoms with van der Waals surface area (Å²) in [7, 11) is 6.25. The van der Waals surface area contributed by atoms with Crippen molar-refractivity contribution in [2.45, 2.75) is 27.7 Å². The highest BCUT2D eigenvalue weighted by molar-refractivity contribution is 6.25. The Morgan fingerprint density at radius 3 is 1.47 bits per heavy atom. The summed E-state index contributed by atoms with van der Waals surface area (Å²) < 4.78 is 36.1. The lowest BCUT2D eigenvalue weighted by Crippen LogP contribution is -2.68. The van der Waals surface area contributed by atoms with Gasteiger partial charge < -0.3 is 14.7 Å². The lowest BCUT2D eigenvalue weighted by Gasteiger charge is -2.26. The van der Waals surface area contributed by atoms with Crippen molar-refractivity contribution in [1.82, 2.24) is 9.80 Å². The number of anilines is 4. The molecule has 72 heavy (non-hydrogen) atoms. The van der Waals surface area contributed by atoms with Crippen LogP contribution in [0.15, 0.2) is 145 Å². The number of fused-ring (bicyclic) bond motifs is 2. The van der Waals surface area contributed by atoms with E-state index in [0.29, 0.717) is 46.7 Å². The number of carbonyl (C=O) groups excluding carboxylic acids is 4. The zero-order chi connectivity index (χ0) is 52.3. The van der Waals surface area contributed by atoms with E-state index in [1.807, 2.05) is 80.2 Å². The second-order valence-corrected chi connectivity index (χ2v) is 18.6. The van der Waals surface area contributed by atoms with Crippen LogP contribution < -0.4 is 33.3 Å². The van der Waals surface area contributed by atoms with Crippen molar-refractivity contribution in [2.75, 3.05) is 70.1 Å². The first-order valence-corrected chi connectivity index (χ1v) is 24.5. The van der Waals surface area contributed by atoms with Gasteiger partial charge in [0.05, 0.1) is 22.4 Å². The predicted molar refractivity (Wildman–Crippen MR) is 273 cm³/mol. The summed E-state index contributed by atoms with van der Waals surface area (Å²) in [5.74, 6) is -1.12. The Morgan fingerprint density at radius 1 is 0.569 bits per heavy atom. The van der Waals surface area contributed by atoms with Gasteiger partial charge >= 0.3 is 0 Å². The third-order valence-corrected chi connectivity index (χ3v) is 13.0. The number of carbonyl (C=O) groups is 4. The van der Waals surface area contributed by atoms with E-state index in [-0.39, 0.29) is 23.6 Å². The summed E-state index contributed by atoms with van der Waals surface area (Å²) in [6.45, 7) is 9.02. The summed E-state index contributed by atoms with van der Waals surface area (Å²) in [6, 6.07) is 33.1. The molecule has 0 fully saturated rings.